The maximum atomic E-state index is 12.8. The second kappa shape index (κ2) is 10.4. The van der Waals surface area contributed by atoms with E-state index in [1.807, 2.05) is 35.2 Å². The molecular weight excluding hydrogens is 442 g/mol. The summed E-state index contributed by atoms with van der Waals surface area (Å²) in [6.45, 7) is 5.09. The van der Waals surface area contributed by atoms with E-state index in [9.17, 15) is 9.59 Å². The van der Waals surface area contributed by atoms with E-state index in [4.69, 9.17) is 4.74 Å². The second-order valence-electron chi connectivity index (χ2n) is 9.22. The van der Waals surface area contributed by atoms with E-state index >= 15 is 0 Å². The molecule has 2 fully saturated rings. The van der Waals surface area contributed by atoms with Gasteiger partial charge >= 0.3 is 5.97 Å². The summed E-state index contributed by atoms with van der Waals surface area (Å²) in [6, 6.07) is 15.9. The fourth-order valence-electron chi connectivity index (χ4n) is 5.18. The minimum atomic E-state index is -0.349. The van der Waals surface area contributed by atoms with Crippen molar-refractivity contribution < 1.29 is 14.3 Å². The van der Waals surface area contributed by atoms with Gasteiger partial charge in [0.15, 0.2) is 0 Å². The largest absolute Gasteiger partial charge is 0.465 e. The highest BCUT2D eigenvalue weighted by atomic mass is 16.5. The Kier molecular flexibility index (Phi) is 6.90. The molecule has 0 saturated carbocycles. The molecule has 1 amide bonds. The number of ether oxygens (including phenoxy) is 1. The van der Waals surface area contributed by atoms with E-state index in [2.05, 4.69) is 25.8 Å². The van der Waals surface area contributed by atoms with Crippen molar-refractivity contribution in [3.05, 3.63) is 66.0 Å². The van der Waals surface area contributed by atoms with Crippen LogP contribution < -0.4 is 4.90 Å². The summed E-state index contributed by atoms with van der Waals surface area (Å²) in [5.74, 6) is 0.865. The van der Waals surface area contributed by atoms with Crippen LogP contribution in [0.15, 0.2) is 54.9 Å². The third-order valence-electron chi connectivity index (χ3n) is 7.18. The number of aromatic nitrogens is 2. The SMILES string of the molecule is COC(=O)c1ccc(CN2CCC(N3CCN(c4ncnc5ccccc45)CC3)CCC2=O)cc1. The Labute approximate surface area is 205 Å². The third-order valence-corrected chi connectivity index (χ3v) is 7.18. The number of piperazine rings is 1. The van der Waals surface area contributed by atoms with Gasteiger partial charge in [0.1, 0.15) is 12.1 Å². The Morgan fingerprint density at radius 2 is 1.74 bits per heavy atom. The highest BCUT2D eigenvalue weighted by Crippen LogP contribution is 2.26. The lowest BCUT2D eigenvalue weighted by molar-refractivity contribution is -0.131. The first-order chi connectivity index (χ1) is 17.1. The summed E-state index contributed by atoms with van der Waals surface area (Å²) in [5.41, 5.74) is 2.52. The zero-order chi connectivity index (χ0) is 24.2. The zero-order valence-electron chi connectivity index (χ0n) is 20.1. The van der Waals surface area contributed by atoms with Crippen LogP contribution in [-0.2, 0) is 16.1 Å². The summed E-state index contributed by atoms with van der Waals surface area (Å²) in [7, 11) is 1.38. The van der Waals surface area contributed by atoms with Crippen LogP contribution >= 0.6 is 0 Å². The van der Waals surface area contributed by atoms with Crippen LogP contribution in [0.2, 0.25) is 0 Å². The molecule has 8 heteroatoms. The summed E-state index contributed by atoms with van der Waals surface area (Å²) < 4.78 is 4.76. The van der Waals surface area contributed by atoms with E-state index in [0.29, 0.717) is 24.6 Å². The molecule has 3 heterocycles. The number of hydrogen-bond donors (Lipinski definition) is 0. The highest BCUT2D eigenvalue weighted by Gasteiger charge is 2.29. The smallest absolute Gasteiger partial charge is 0.337 e. The number of benzene rings is 2. The molecule has 1 atom stereocenters. The van der Waals surface area contributed by atoms with Crippen LogP contribution in [-0.4, -0.2) is 77.5 Å². The lowest BCUT2D eigenvalue weighted by atomic mass is 10.1. The summed E-state index contributed by atoms with van der Waals surface area (Å²) in [5, 5.41) is 1.10. The Hall–Kier alpha value is -3.52. The molecule has 8 nitrogen and oxygen atoms in total. The predicted molar refractivity (Wildman–Crippen MR) is 134 cm³/mol. The molecule has 35 heavy (non-hydrogen) atoms. The number of fused-ring (bicyclic) bond motifs is 1. The van der Waals surface area contributed by atoms with Gasteiger partial charge in [-0.05, 0) is 42.7 Å². The van der Waals surface area contributed by atoms with E-state index in [-0.39, 0.29) is 11.9 Å². The van der Waals surface area contributed by atoms with Crippen molar-refractivity contribution in [2.45, 2.75) is 31.8 Å². The molecule has 2 aliphatic heterocycles. The molecule has 0 N–H and O–H groups in total. The maximum absolute atomic E-state index is 12.8. The van der Waals surface area contributed by atoms with Crippen molar-refractivity contribution in [2.24, 2.45) is 0 Å². The Balaban J connectivity index is 1.17. The van der Waals surface area contributed by atoms with E-state index in [1.165, 1.54) is 7.11 Å². The number of para-hydroxylation sites is 1. The van der Waals surface area contributed by atoms with Crippen molar-refractivity contribution >= 4 is 28.6 Å². The molecule has 0 radical (unpaired) electrons. The van der Waals surface area contributed by atoms with Crippen molar-refractivity contribution in [3.63, 3.8) is 0 Å². The van der Waals surface area contributed by atoms with Crippen LogP contribution in [0.4, 0.5) is 5.82 Å². The monoisotopic (exact) mass is 473 g/mol. The topological polar surface area (TPSA) is 78.9 Å². The third kappa shape index (κ3) is 5.12. The van der Waals surface area contributed by atoms with E-state index < -0.39 is 0 Å². The standard InChI is InChI=1S/C27H31N5O3/c1-35-27(34)21-8-6-20(7-9-21)18-32-13-12-22(10-11-25(32)33)30-14-16-31(17-15-30)26-23-4-2-3-5-24(23)28-19-29-26/h2-9,19,22H,10-18H2,1H3. The molecule has 3 aromatic rings. The predicted octanol–water partition coefficient (Wildman–Crippen LogP) is 3.12. The van der Waals surface area contributed by atoms with E-state index in [0.717, 1.165) is 67.8 Å². The van der Waals surface area contributed by atoms with Crippen LogP contribution in [0.3, 0.4) is 0 Å². The van der Waals surface area contributed by atoms with Crippen molar-refractivity contribution in [3.8, 4) is 0 Å². The van der Waals surface area contributed by atoms with Crippen molar-refractivity contribution in [1.29, 1.82) is 0 Å². The molecule has 1 unspecified atom stereocenters. The van der Waals surface area contributed by atoms with Gasteiger partial charge in [0.25, 0.3) is 0 Å². The quantitative estimate of drug-likeness (QED) is 0.527. The second-order valence-corrected chi connectivity index (χ2v) is 9.22. The minimum Gasteiger partial charge on any atom is -0.465 e. The molecule has 2 aliphatic rings. The number of nitrogens with zero attached hydrogens (tertiary/aromatic N) is 5. The minimum absolute atomic E-state index is 0.204. The van der Waals surface area contributed by atoms with Crippen LogP contribution in [0.1, 0.15) is 35.2 Å². The Morgan fingerprint density at radius 3 is 2.51 bits per heavy atom. The molecule has 0 spiro atoms. The van der Waals surface area contributed by atoms with Crippen molar-refractivity contribution in [2.75, 3.05) is 44.7 Å². The van der Waals surface area contributed by atoms with Gasteiger partial charge in [-0.2, -0.15) is 0 Å². The molecule has 5 rings (SSSR count). The fourth-order valence-corrected chi connectivity index (χ4v) is 5.18. The zero-order valence-corrected chi connectivity index (χ0v) is 20.1. The van der Waals surface area contributed by atoms with Crippen molar-refractivity contribution in [1.82, 2.24) is 19.8 Å². The number of likely N-dealkylation sites (tertiary alicyclic amines) is 1. The molecule has 1 aromatic heterocycles. The maximum Gasteiger partial charge on any atom is 0.337 e. The molecule has 0 aliphatic carbocycles. The van der Waals surface area contributed by atoms with Gasteiger partial charge in [-0.3, -0.25) is 9.69 Å². The average Bonchev–Trinajstić information content (AvgIpc) is 3.09. The van der Waals surface area contributed by atoms with Gasteiger partial charge in [-0.25, -0.2) is 14.8 Å². The fraction of sp³-hybridized carbons (Fsp3) is 0.407. The van der Waals surface area contributed by atoms with Crippen LogP contribution in [0.25, 0.3) is 10.9 Å². The van der Waals surface area contributed by atoms with Gasteiger partial charge in [-0.15, -0.1) is 0 Å². The first kappa shape index (κ1) is 23.2. The summed E-state index contributed by atoms with van der Waals surface area (Å²) >= 11 is 0. The number of amides is 1. The first-order valence-corrected chi connectivity index (χ1v) is 12.3. The van der Waals surface area contributed by atoms with Gasteiger partial charge in [0.2, 0.25) is 5.91 Å². The highest BCUT2D eigenvalue weighted by molar-refractivity contribution is 5.89. The number of carbonyl (C=O) groups is 2. The van der Waals surface area contributed by atoms with Gasteiger partial charge in [0.05, 0.1) is 18.2 Å². The van der Waals surface area contributed by atoms with Gasteiger partial charge in [0, 0.05) is 57.1 Å². The number of hydrogen-bond acceptors (Lipinski definition) is 7. The number of esters is 1. The molecule has 2 aromatic carbocycles. The first-order valence-electron chi connectivity index (χ1n) is 12.3. The number of anilines is 1. The summed E-state index contributed by atoms with van der Waals surface area (Å²) in [4.78, 5) is 40.3. The molecule has 2 saturated heterocycles. The lowest BCUT2D eigenvalue weighted by Crippen LogP contribution is -2.50. The molecule has 0 bridgehead atoms. The molecular formula is C27H31N5O3. The normalized spacial score (nSPS) is 19.6. The molecule has 182 valence electrons. The number of carbonyl (C=O) groups excluding carboxylic acids is 2. The van der Waals surface area contributed by atoms with Gasteiger partial charge < -0.3 is 14.5 Å². The van der Waals surface area contributed by atoms with Crippen LogP contribution in [0.5, 0.6) is 0 Å². The number of methoxy groups -OCH3 is 1. The lowest BCUT2D eigenvalue weighted by Gasteiger charge is -2.39. The van der Waals surface area contributed by atoms with Gasteiger partial charge in [-0.1, -0.05) is 24.3 Å². The number of rotatable bonds is 5. The van der Waals surface area contributed by atoms with E-state index in [1.54, 1.807) is 18.5 Å². The average molecular weight is 474 g/mol. The Bertz CT molecular complexity index is 1190. The van der Waals surface area contributed by atoms with Crippen LogP contribution in [0, 0.1) is 0 Å². The summed E-state index contributed by atoms with van der Waals surface area (Å²) in [6.07, 6.45) is 4.09. The Morgan fingerprint density at radius 1 is 0.971 bits per heavy atom.